The van der Waals surface area contributed by atoms with E-state index >= 15 is 0 Å². The third kappa shape index (κ3) is 7.21. The van der Waals surface area contributed by atoms with Gasteiger partial charge in [-0.2, -0.15) is 8.62 Å². The highest BCUT2D eigenvalue weighted by Gasteiger charge is 2.46. The van der Waals surface area contributed by atoms with E-state index < -0.39 is 65.9 Å². The summed E-state index contributed by atoms with van der Waals surface area (Å²) in [6.07, 6.45) is -5.69. The van der Waals surface area contributed by atoms with Crippen LogP contribution in [0.15, 0.2) is 15.8 Å². The van der Waals surface area contributed by atoms with E-state index in [0.29, 0.717) is 0 Å². The number of nitrogens with one attached hydrogen (secondary N) is 2. The molecule has 184 valence electrons. The molecule has 0 aromatic carbocycles. The number of rotatable bonds is 10. The second kappa shape index (κ2) is 10.0. The molecule has 3 unspecified atom stereocenters. The molecule has 6 atom stereocenters. The first-order valence-corrected chi connectivity index (χ1v) is 12.9. The monoisotopic (exact) mass is 527 g/mol. The summed E-state index contributed by atoms with van der Waals surface area (Å²) >= 11 is 0. The highest BCUT2D eigenvalue weighted by atomic mass is 31.3. The van der Waals surface area contributed by atoms with Gasteiger partial charge in [0.15, 0.2) is 6.23 Å². The number of aliphatic hydroxyl groups is 2. The molecule has 1 aromatic heterocycles. The zero-order chi connectivity index (χ0) is 24.5. The van der Waals surface area contributed by atoms with E-state index in [1.54, 1.807) is 0 Å². The minimum absolute atomic E-state index is 0.0381. The second-order valence-electron chi connectivity index (χ2n) is 6.28. The molecule has 1 fully saturated rings. The summed E-state index contributed by atoms with van der Waals surface area (Å²) in [5, 5.41) is 23.0. The van der Waals surface area contributed by atoms with Crippen molar-refractivity contribution < 1.29 is 61.4 Å². The zero-order valence-electron chi connectivity index (χ0n) is 15.9. The molecule has 1 aromatic rings. The highest BCUT2D eigenvalue weighted by molar-refractivity contribution is 7.66. The molecule has 0 radical (unpaired) electrons. The van der Waals surface area contributed by atoms with E-state index in [4.69, 9.17) is 19.4 Å². The van der Waals surface area contributed by atoms with Gasteiger partial charge >= 0.3 is 29.2 Å². The second-order valence-corrected chi connectivity index (χ2v) is 10.7. The Hall–Kier alpha value is -1.07. The van der Waals surface area contributed by atoms with E-state index in [2.05, 4.69) is 18.5 Å². The Balaban J connectivity index is 2.13. The van der Waals surface area contributed by atoms with Crippen LogP contribution in [0.2, 0.25) is 0 Å². The van der Waals surface area contributed by atoms with Crippen LogP contribution < -0.4 is 16.6 Å². The van der Waals surface area contributed by atoms with Crippen LogP contribution in [0.5, 0.6) is 0 Å². The van der Waals surface area contributed by atoms with Crippen molar-refractivity contribution in [3.63, 3.8) is 0 Å². The van der Waals surface area contributed by atoms with Crippen molar-refractivity contribution in [2.75, 3.05) is 13.7 Å². The third-order valence-corrected chi connectivity index (χ3v) is 7.64. The number of aliphatic hydroxyl groups excluding tert-OH is 2. The van der Waals surface area contributed by atoms with Gasteiger partial charge in [-0.3, -0.25) is 18.9 Å². The number of H-pyrrole nitrogens is 1. The fraction of sp³-hybridized carbons (Fsp3) is 0.636. The summed E-state index contributed by atoms with van der Waals surface area (Å²) in [7, 11) is -15.3. The molecular formula is C11H20N3O15P3. The lowest BCUT2D eigenvalue weighted by Crippen LogP contribution is -2.39. The number of hydrogen-bond donors (Lipinski definition) is 8. The number of ether oxygens (including phenoxy) is 1. The van der Waals surface area contributed by atoms with Crippen LogP contribution in [0, 0.1) is 0 Å². The fourth-order valence-corrected chi connectivity index (χ4v) is 5.63. The molecule has 8 N–H and O–H groups in total. The molecule has 21 heteroatoms. The summed E-state index contributed by atoms with van der Waals surface area (Å²) in [6.45, 7) is -1.02. The molecule has 0 saturated carbocycles. The van der Waals surface area contributed by atoms with E-state index in [1.807, 2.05) is 4.98 Å². The SMILES string of the molecule is CNCc1cn([C@@H]2O[C@H](COP(=O)(O)OP(=O)(O)OP(=O)(O)O)[C@H](O)C2O)c(=O)[nH]c1=O. The van der Waals surface area contributed by atoms with E-state index in [1.165, 1.54) is 7.05 Å². The lowest BCUT2D eigenvalue weighted by atomic mass is 10.1. The first-order chi connectivity index (χ1) is 14.6. The van der Waals surface area contributed by atoms with Gasteiger partial charge < -0.3 is 39.8 Å². The van der Waals surface area contributed by atoms with E-state index in [9.17, 15) is 38.4 Å². The summed E-state index contributed by atoms with van der Waals surface area (Å²) in [5.41, 5.74) is -1.63. The Labute approximate surface area is 177 Å². The Morgan fingerprint density at radius 3 is 2.28 bits per heavy atom. The van der Waals surface area contributed by atoms with Gasteiger partial charge in [-0.05, 0) is 7.05 Å². The number of hydrogen-bond acceptors (Lipinski definition) is 12. The van der Waals surface area contributed by atoms with Crippen LogP contribution in [0.3, 0.4) is 0 Å². The molecule has 0 spiro atoms. The number of aromatic amines is 1. The predicted molar refractivity (Wildman–Crippen MR) is 99.8 cm³/mol. The maximum absolute atomic E-state index is 12.1. The van der Waals surface area contributed by atoms with Crippen molar-refractivity contribution in [1.82, 2.24) is 14.9 Å². The zero-order valence-corrected chi connectivity index (χ0v) is 18.6. The molecule has 1 aliphatic rings. The topological polar surface area (TPSA) is 276 Å². The standard InChI is InChI=1S/C11H20N3O15P3/c1-12-2-5-3-14(11(18)13-9(5)17)10-8(16)7(15)6(27-10)4-26-31(22,23)29-32(24,25)28-30(19,20)21/h3,6-8,10,12,15-16H,2,4H2,1H3,(H,22,23)(H,24,25)(H,13,17,18)(H2,19,20,21)/t6-,7+,8?,10-/m1/s1. The average molecular weight is 527 g/mol. The lowest BCUT2D eigenvalue weighted by Gasteiger charge is -2.19. The Bertz CT molecular complexity index is 1080. The average Bonchev–Trinajstić information content (AvgIpc) is 2.87. The molecule has 32 heavy (non-hydrogen) atoms. The first kappa shape index (κ1) is 27.2. The predicted octanol–water partition coefficient (Wildman–Crippen LogP) is -2.78. The largest absolute Gasteiger partial charge is 0.490 e. The molecule has 1 aliphatic heterocycles. The normalized spacial score (nSPS) is 27.7. The van der Waals surface area contributed by atoms with Crippen LogP contribution in [0.25, 0.3) is 0 Å². The van der Waals surface area contributed by atoms with Gasteiger partial charge in [0.2, 0.25) is 0 Å². The van der Waals surface area contributed by atoms with E-state index in [0.717, 1.165) is 10.8 Å². The van der Waals surface area contributed by atoms with Crippen molar-refractivity contribution in [3.8, 4) is 0 Å². The van der Waals surface area contributed by atoms with Crippen molar-refractivity contribution in [2.24, 2.45) is 0 Å². The van der Waals surface area contributed by atoms with Gasteiger partial charge in [0.05, 0.1) is 6.61 Å². The van der Waals surface area contributed by atoms with Gasteiger partial charge in [-0.1, -0.05) is 0 Å². The molecule has 0 bridgehead atoms. The van der Waals surface area contributed by atoms with Crippen LogP contribution in [-0.2, 0) is 38.1 Å². The molecule has 18 nitrogen and oxygen atoms in total. The number of phosphoric ester groups is 1. The van der Waals surface area contributed by atoms with Gasteiger partial charge in [0.25, 0.3) is 5.56 Å². The van der Waals surface area contributed by atoms with Gasteiger partial charge in [-0.25, -0.2) is 18.5 Å². The molecular weight excluding hydrogens is 507 g/mol. The molecule has 2 rings (SSSR count). The summed E-state index contributed by atoms with van der Waals surface area (Å²) < 4.78 is 51.1. The highest BCUT2D eigenvalue weighted by Crippen LogP contribution is 2.66. The third-order valence-electron chi connectivity index (χ3n) is 3.84. The maximum Gasteiger partial charge on any atom is 0.490 e. The number of phosphoric acid groups is 3. The van der Waals surface area contributed by atoms with Crippen LogP contribution >= 0.6 is 23.5 Å². The van der Waals surface area contributed by atoms with Crippen molar-refractivity contribution >= 4 is 23.5 Å². The quantitative estimate of drug-likeness (QED) is 0.143. The number of nitrogens with zero attached hydrogens (tertiary/aromatic N) is 1. The fourth-order valence-electron chi connectivity index (χ4n) is 2.60. The minimum Gasteiger partial charge on any atom is -0.387 e. The van der Waals surface area contributed by atoms with E-state index in [-0.39, 0.29) is 12.1 Å². The molecule has 0 amide bonds. The smallest absolute Gasteiger partial charge is 0.387 e. The van der Waals surface area contributed by atoms with Gasteiger partial charge in [0.1, 0.15) is 18.3 Å². The van der Waals surface area contributed by atoms with Crippen LogP contribution in [0.1, 0.15) is 11.8 Å². The molecule has 0 aliphatic carbocycles. The summed E-state index contributed by atoms with van der Waals surface area (Å²) in [6, 6.07) is 0. The Kier molecular flexibility index (Phi) is 8.53. The molecule has 2 heterocycles. The van der Waals surface area contributed by atoms with Gasteiger partial charge in [-0.15, -0.1) is 0 Å². The van der Waals surface area contributed by atoms with Gasteiger partial charge in [0, 0.05) is 18.3 Å². The van der Waals surface area contributed by atoms with Crippen LogP contribution in [-0.4, -0.2) is 71.3 Å². The number of aromatic nitrogens is 2. The summed E-state index contributed by atoms with van der Waals surface area (Å²) in [5.74, 6) is 0. The first-order valence-electron chi connectivity index (χ1n) is 8.34. The molecule has 1 saturated heterocycles. The Morgan fingerprint density at radius 1 is 1.09 bits per heavy atom. The van der Waals surface area contributed by atoms with Crippen LogP contribution in [0.4, 0.5) is 0 Å². The van der Waals surface area contributed by atoms with Crippen molar-refractivity contribution in [3.05, 3.63) is 32.6 Å². The van der Waals surface area contributed by atoms with Crippen molar-refractivity contribution in [2.45, 2.75) is 31.1 Å². The Morgan fingerprint density at radius 2 is 1.72 bits per heavy atom. The minimum atomic E-state index is -5.75. The maximum atomic E-state index is 12.1. The lowest BCUT2D eigenvalue weighted by molar-refractivity contribution is -0.0543. The van der Waals surface area contributed by atoms with Crippen molar-refractivity contribution in [1.29, 1.82) is 0 Å². The summed E-state index contributed by atoms with van der Waals surface area (Å²) in [4.78, 5) is 61.3.